The zero-order valence-corrected chi connectivity index (χ0v) is 11.6. The van der Waals surface area contributed by atoms with Gasteiger partial charge in [0.2, 0.25) is 5.75 Å². The molecule has 2 rings (SSSR count). The lowest BCUT2D eigenvalue weighted by Crippen LogP contribution is -1.94. The Labute approximate surface area is 117 Å². The van der Waals surface area contributed by atoms with E-state index in [-0.39, 0.29) is 6.61 Å². The summed E-state index contributed by atoms with van der Waals surface area (Å²) < 4.78 is 21.7. The standard InChI is InChI=1S/C15H18O5/c1-4-5-19-9-11-7-12-10(8-16)6-13(17-2)15(18-3)14(12)20-11/h4,6-7,16H,1,5,8-9H2,2-3H3. The minimum Gasteiger partial charge on any atom is -0.493 e. The number of ether oxygens (including phenoxy) is 3. The van der Waals surface area contributed by atoms with Gasteiger partial charge in [0, 0.05) is 5.39 Å². The third-order valence-corrected chi connectivity index (χ3v) is 2.94. The molecule has 0 aliphatic heterocycles. The van der Waals surface area contributed by atoms with Gasteiger partial charge in [-0.15, -0.1) is 6.58 Å². The van der Waals surface area contributed by atoms with Crippen LogP contribution in [-0.2, 0) is 18.0 Å². The first-order chi connectivity index (χ1) is 9.74. The van der Waals surface area contributed by atoms with Gasteiger partial charge in [-0.3, -0.25) is 0 Å². The van der Waals surface area contributed by atoms with E-state index >= 15 is 0 Å². The quantitative estimate of drug-likeness (QED) is 0.623. The van der Waals surface area contributed by atoms with Crippen molar-refractivity contribution in [2.45, 2.75) is 13.2 Å². The van der Waals surface area contributed by atoms with Crippen LogP contribution in [0.25, 0.3) is 11.0 Å². The topological polar surface area (TPSA) is 61.1 Å². The molecule has 0 aliphatic rings. The van der Waals surface area contributed by atoms with Crippen LogP contribution < -0.4 is 9.47 Å². The van der Waals surface area contributed by atoms with Crippen LogP contribution in [-0.4, -0.2) is 25.9 Å². The van der Waals surface area contributed by atoms with Crippen LogP contribution >= 0.6 is 0 Å². The van der Waals surface area contributed by atoms with Gasteiger partial charge in [0.15, 0.2) is 11.3 Å². The molecular formula is C15H18O5. The molecule has 1 N–H and O–H groups in total. The number of aliphatic hydroxyl groups excluding tert-OH is 1. The van der Waals surface area contributed by atoms with E-state index in [1.54, 1.807) is 26.4 Å². The van der Waals surface area contributed by atoms with E-state index in [2.05, 4.69) is 6.58 Å². The Kier molecular flexibility index (Phi) is 4.65. The second-order valence-electron chi connectivity index (χ2n) is 4.19. The molecule has 0 atom stereocenters. The largest absolute Gasteiger partial charge is 0.493 e. The van der Waals surface area contributed by atoms with Gasteiger partial charge in [-0.2, -0.15) is 0 Å². The van der Waals surface area contributed by atoms with Crippen LogP contribution in [0.15, 0.2) is 29.2 Å². The fraction of sp³-hybridized carbons (Fsp3) is 0.333. The maximum atomic E-state index is 9.46. The lowest BCUT2D eigenvalue weighted by atomic mass is 10.1. The maximum Gasteiger partial charge on any atom is 0.204 e. The molecule has 1 aromatic heterocycles. The van der Waals surface area contributed by atoms with Crippen molar-refractivity contribution in [1.82, 2.24) is 0 Å². The van der Waals surface area contributed by atoms with Crippen LogP contribution in [0.4, 0.5) is 0 Å². The SMILES string of the molecule is C=CCOCc1cc2c(CO)cc(OC)c(OC)c2o1. The van der Waals surface area contributed by atoms with Gasteiger partial charge in [0.1, 0.15) is 12.4 Å². The van der Waals surface area contributed by atoms with Crippen LogP contribution in [0, 0.1) is 0 Å². The van der Waals surface area contributed by atoms with E-state index in [0.717, 1.165) is 10.9 Å². The summed E-state index contributed by atoms with van der Waals surface area (Å²) in [5.41, 5.74) is 1.27. The van der Waals surface area contributed by atoms with Gasteiger partial charge in [-0.1, -0.05) is 6.08 Å². The summed E-state index contributed by atoms with van der Waals surface area (Å²) in [7, 11) is 3.09. The highest BCUT2D eigenvalue weighted by Gasteiger charge is 2.18. The zero-order chi connectivity index (χ0) is 14.5. The molecule has 0 bridgehead atoms. The highest BCUT2D eigenvalue weighted by molar-refractivity contribution is 5.89. The average Bonchev–Trinajstić information content (AvgIpc) is 2.89. The van der Waals surface area contributed by atoms with Gasteiger partial charge in [0.25, 0.3) is 0 Å². The molecule has 0 saturated heterocycles. The van der Waals surface area contributed by atoms with Crippen molar-refractivity contribution in [1.29, 1.82) is 0 Å². The van der Waals surface area contributed by atoms with Crippen LogP contribution in [0.1, 0.15) is 11.3 Å². The number of benzene rings is 1. The van der Waals surface area contributed by atoms with Crippen molar-refractivity contribution in [3.8, 4) is 11.5 Å². The molecule has 0 radical (unpaired) electrons. The van der Waals surface area contributed by atoms with Crippen molar-refractivity contribution < 1.29 is 23.7 Å². The Morgan fingerprint density at radius 3 is 2.70 bits per heavy atom. The first-order valence-electron chi connectivity index (χ1n) is 6.20. The highest BCUT2D eigenvalue weighted by atomic mass is 16.5. The molecule has 2 aromatic rings. The minimum atomic E-state index is -0.108. The fourth-order valence-corrected chi connectivity index (χ4v) is 2.05. The molecule has 0 saturated carbocycles. The van der Waals surface area contributed by atoms with Crippen LogP contribution in [0.2, 0.25) is 0 Å². The van der Waals surface area contributed by atoms with Crippen molar-refractivity contribution in [3.63, 3.8) is 0 Å². The predicted octanol–water partition coefficient (Wildman–Crippen LogP) is 2.64. The first-order valence-corrected chi connectivity index (χ1v) is 6.20. The monoisotopic (exact) mass is 278 g/mol. The second kappa shape index (κ2) is 6.45. The molecule has 20 heavy (non-hydrogen) atoms. The Morgan fingerprint density at radius 2 is 2.10 bits per heavy atom. The molecule has 5 nitrogen and oxygen atoms in total. The normalized spacial score (nSPS) is 10.8. The number of fused-ring (bicyclic) bond motifs is 1. The molecule has 108 valence electrons. The maximum absolute atomic E-state index is 9.46. The number of rotatable bonds is 7. The summed E-state index contributed by atoms with van der Waals surface area (Å²) in [6.45, 7) is 4.26. The van der Waals surface area contributed by atoms with Gasteiger partial charge in [-0.05, 0) is 17.7 Å². The summed E-state index contributed by atoms with van der Waals surface area (Å²) >= 11 is 0. The molecule has 0 unspecified atom stereocenters. The van der Waals surface area contributed by atoms with E-state index < -0.39 is 0 Å². The highest BCUT2D eigenvalue weighted by Crippen LogP contribution is 2.39. The third kappa shape index (κ3) is 2.64. The van der Waals surface area contributed by atoms with Crippen molar-refractivity contribution in [2.24, 2.45) is 0 Å². The Bertz CT molecular complexity index is 600. The molecular weight excluding hydrogens is 260 g/mol. The Morgan fingerprint density at radius 1 is 1.30 bits per heavy atom. The van der Waals surface area contributed by atoms with Gasteiger partial charge >= 0.3 is 0 Å². The van der Waals surface area contributed by atoms with E-state index in [1.165, 1.54) is 0 Å². The Balaban J connectivity index is 2.49. The molecule has 5 heteroatoms. The van der Waals surface area contributed by atoms with Crippen LogP contribution in [0.5, 0.6) is 11.5 Å². The van der Waals surface area contributed by atoms with Crippen molar-refractivity contribution >= 4 is 11.0 Å². The Hall–Kier alpha value is -1.98. The van der Waals surface area contributed by atoms with E-state index in [1.807, 2.05) is 6.07 Å². The molecule has 0 amide bonds. The van der Waals surface area contributed by atoms with Crippen LogP contribution in [0.3, 0.4) is 0 Å². The zero-order valence-electron chi connectivity index (χ0n) is 11.6. The average molecular weight is 278 g/mol. The van der Waals surface area contributed by atoms with Gasteiger partial charge < -0.3 is 23.7 Å². The molecule has 0 aliphatic carbocycles. The number of aliphatic hydroxyl groups is 1. The summed E-state index contributed by atoms with van der Waals surface area (Å²) in [4.78, 5) is 0. The second-order valence-corrected chi connectivity index (χ2v) is 4.19. The number of hydrogen-bond acceptors (Lipinski definition) is 5. The summed E-state index contributed by atoms with van der Waals surface area (Å²) in [5.74, 6) is 1.69. The third-order valence-electron chi connectivity index (χ3n) is 2.94. The van der Waals surface area contributed by atoms with Gasteiger partial charge in [0.05, 0.1) is 27.4 Å². The fourth-order valence-electron chi connectivity index (χ4n) is 2.05. The summed E-state index contributed by atoms with van der Waals surface area (Å²) in [6.07, 6.45) is 1.67. The minimum absolute atomic E-state index is 0.108. The molecule has 0 fully saturated rings. The summed E-state index contributed by atoms with van der Waals surface area (Å²) in [5, 5.41) is 10.3. The van der Waals surface area contributed by atoms with Gasteiger partial charge in [-0.25, -0.2) is 0 Å². The van der Waals surface area contributed by atoms with Crippen molar-refractivity contribution in [3.05, 3.63) is 36.1 Å². The predicted molar refractivity (Wildman–Crippen MR) is 75.1 cm³/mol. The number of methoxy groups -OCH3 is 2. The lowest BCUT2D eigenvalue weighted by molar-refractivity contribution is 0.133. The number of hydrogen-bond donors (Lipinski definition) is 1. The van der Waals surface area contributed by atoms with E-state index in [9.17, 15) is 5.11 Å². The number of furan rings is 1. The molecule has 1 heterocycles. The summed E-state index contributed by atoms with van der Waals surface area (Å²) in [6, 6.07) is 3.58. The molecule has 0 spiro atoms. The smallest absolute Gasteiger partial charge is 0.204 e. The van der Waals surface area contributed by atoms with Crippen molar-refractivity contribution in [2.75, 3.05) is 20.8 Å². The molecule has 1 aromatic carbocycles. The van der Waals surface area contributed by atoms with E-state index in [0.29, 0.717) is 36.1 Å². The van der Waals surface area contributed by atoms with E-state index in [4.69, 9.17) is 18.6 Å². The first kappa shape index (κ1) is 14.4. The lowest BCUT2D eigenvalue weighted by Gasteiger charge is -2.09.